The zero-order chi connectivity index (χ0) is 17.5. The smallest absolute Gasteiger partial charge is 0.223 e. The zero-order valence-electron chi connectivity index (χ0n) is 15.2. The van der Waals surface area contributed by atoms with Crippen LogP contribution in [0, 0.1) is 11.8 Å². The van der Waals surface area contributed by atoms with Gasteiger partial charge >= 0.3 is 0 Å². The maximum Gasteiger partial charge on any atom is 0.223 e. The normalized spacial score (nSPS) is 18.9. The van der Waals surface area contributed by atoms with Crippen molar-refractivity contribution in [2.45, 2.75) is 32.1 Å². The average molecular weight is 342 g/mol. The van der Waals surface area contributed by atoms with Gasteiger partial charge in [0.15, 0.2) is 5.96 Å². The molecule has 1 aliphatic heterocycles. The van der Waals surface area contributed by atoms with Gasteiger partial charge in [-0.15, -0.1) is 0 Å². The molecule has 1 saturated carbocycles. The van der Waals surface area contributed by atoms with Crippen LogP contribution in [0.5, 0.6) is 0 Å². The summed E-state index contributed by atoms with van der Waals surface area (Å²) in [7, 11) is 1.83. The minimum Gasteiger partial charge on any atom is -0.354 e. The SMILES string of the molecule is CN=C(NCCNC(=O)C1CC1)N1CCC(Cc2ccccc2)CC1. The molecule has 0 atom stereocenters. The fourth-order valence-electron chi connectivity index (χ4n) is 3.48. The molecule has 0 spiro atoms. The lowest BCUT2D eigenvalue weighted by Crippen LogP contribution is -2.47. The molecular formula is C20H30N4O. The number of nitrogens with zero attached hydrogens (tertiary/aromatic N) is 2. The Morgan fingerprint density at radius 3 is 2.40 bits per heavy atom. The summed E-state index contributed by atoms with van der Waals surface area (Å²) in [4.78, 5) is 18.4. The molecule has 1 saturated heterocycles. The highest BCUT2D eigenvalue weighted by atomic mass is 16.2. The van der Waals surface area contributed by atoms with Crippen molar-refractivity contribution in [1.29, 1.82) is 0 Å². The Bertz CT molecular complexity index is 575. The molecule has 0 radical (unpaired) electrons. The summed E-state index contributed by atoms with van der Waals surface area (Å²) in [6, 6.07) is 10.8. The van der Waals surface area contributed by atoms with Gasteiger partial charge in [0.05, 0.1) is 0 Å². The van der Waals surface area contributed by atoms with Crippen molar-refractivity contribution >= 4 is 11.9 Å². The van der Waals surface area contributed by atoms with E-state index >= 15 is 0 Å². The van der Waals surface area contributed by atoms with Crippen molar-refractivity contribution in [1.82, 2.24) is 15.5 Å². The standard InChI is InChI=1S/C20H30N4O/c1-21-20(23-12-11-22-19(25)18-7-8-18)24-13-9-17(10-14-24)15-16-5-3-2-4-6-16/h2-6,17-18H,7-15H2,1H3,(H,21,23)(H,22,25). The molecule has 5 nitrogen and oxygen atoms in total. The van der Waals surface area contributed by atoms with Crippen LogP contribution in [0.2, 0.25) is 0 Å². The second kappa shape index (κ2) is 8.88. The third-order valence-electron chi connectivity index (χ3n) is 5.15. The highest BCUT2D eigenvalue weighted by molar-refractivity contribution is 5.81. The largest absolute Gasteiger partial charge is 0.354 e. The minimum atomic E-state index is 0.207. The van der Waals surface area contributed by atoms with Crippen molar-refractivity contribution < 1.29 is 4.79 Å². The van der Waals surface area contributed by atoms with Crippen molar-refractivity contribution in [3.8, 4) is 0 Å². The van der Waals surface area contributed by atoms with E-state index in [2.05, 4.69) is 50.9 Å². The number of rotatable bonds is 6. The van der Waals surface area contributed by atoms with Crippen molar-refractivity contribution in [2.75, 3.05) is 33.2 Å². The van der Waals surface area contributed by atoms with Gasteiger partial charge in [-0.25, -0.2) is 0 Å². The Hall–Kier alpha value is -2.04. The van der Waals surface area contributed by atoms with E-state index in [4.69, 9.17) is 0 Å². The lowest BCUT2D eigenvalue weighted by Gasteiger charge is -2.34. The number of carbonyl (C=O) groups excluding carboxylic acids is 1. The van der Waals surface area contributed by atoms with Crippen LogP contribution in [0.1, 0.15) is 31.2 Å². The Kier molecular flexibility index (Phi) is 6.31. The molecule has 1 aromatic rings. The first-order chi connectivity index (χ1) is 12.3. The number of nitrogens with one attached hydrogen (secondary N) is 2. The third-order valence-corrected chi connectivity index (χ3v) is 5.15. The van der Waals surface area contributed by atoms with Gasteiger partial charge in [-0.2, -0.15) is 0 Å². The van der Waals surface area contributed by atoms with Crippen LogP contribution in [0.15, 0.2) is 35.3 Å². The molecular weight excluding hydrogens is 312 g/mol. The number of amides is 1. The van der Waals surface area contributed by atoms with E-state index < -0.39 is 0 Å². The van der Waals surface area contributed by atoms with Gasteiger partial charge in [-0.05, 0) is 43.6 Å². The summed E-state index contributed by atoms with van der Waals surface area (Å²) < 4.78 is 0. The van der Waals surface area contributed by atoms with Gasteiger partial charge in [0.25, 0.3) is 0 Å². The van der Waals surface area contributed by atoms with Crippen LogP contribution in [0.25, 0.3) is 0 Å². The molecule has 0 bridgehead atoms. The first-order valence-corrected chi connectivity index (χ1v) is 9.53. The highest BCUT2D eigenvalue weighted by Crippen LogP contribution is 2.28. The van der Waals surface area contributed by atoms with Gasteiger partial charge in [0.2, 0.25) is 5.91 Å². The number of piperidine rings is 1. The van der Waals surface area contributed by atoms with Gasteiger partial charge in [0, 0.05) is 39.1 Å². The Morgan fingerprint density at radius 2 is 1.76 bits per heavy atom. The predicted molar refractivity (Wildman–Crippen MR) is 102 cm³/mol. The molecule has 5 heteroatoms. The van der Waals surface area contributed by atoms with Crippen molar-refractivity contribution in [3.05, 3.63) is 35.9 Å². The third kappa shape index (κ3) is 5.48. The summed E-state index contributed by atoms with van der Waals surface area (Å²) in [5.41, 5.74) is 1.44. The van der Waals surface area contributed by atoms with Gasteiger partial charge in [0.1, 0.15) is 0 Å². The maximum absolute atomic E-state index is 11.6. The second-order valence-electron chi connectivity index (χ2n) is 7.16. The monoisotopic (exact) mass is 342 g/mol. The molecule has 1 aliphatic carbocycles. The number of guanidine groups is 1. The lowest BCUT2D eigenvalue weighted by atomic mass is 9.90. The highest BCUT2D eigenvalue weighted by Gasteiger charge is 2.29. The predicted octanol–water partition coefficient (Wildman–Crippen LogP) is 2.04. The molecule has 136 valence electrons. The van der Waals surface area contributed by atoms with E-state index in [1.807, 2.05) is 7.05 Å². The van der Waals surface area contributed by atoms with E-state index in [1.165, 1.54) is 24.8 Å². The minimum absolute atomic E-state index is 0.207. The van der Waals surface area contributed by atoms with Crippen LogP contribution in [0.3, 0.4) is 0 Å². The summed E-state index contributed by atoms with van der Waals surface area (Å²) in [6.45, 7) is 3.49. The van der Waals surface area contributed by atoms with Crippen LogP contribution < -0.4 is 10.6 Å². The van der Waals surface area contributed by atoms with Gasteiger partial charge < -0.3 is 15.5 Å². The first kappa shape index (κ1) is 17.8. The fourth-order valence-corrected chi connectivity index (χ4v) is 3.48. The Morgan fingerprint density at radius 1 is 1.08 bits per heavy atom. The molecule has 0 aromatic heterocycles. The number of likely N-dealkylation sites (tertiary alicyclic amines) is 1. The fraction of sp³-hybridized carbons (Fsp3) is 0.600. The molecule has 0 unspecified atom stereocenters. The molecule has 1 amide bonds. The van der Waals surface area contributed by atoms with E-state index in [-0.39, 0.29) is 11.8 Å². The Balaban J connectivity index is 1.36. The average Bonchev–Trinajstić information content (AvgIpc) is 3.49. The van der Waals surface area contributed by atoms with E-state index in [0.717, 1.165) is 44.4 Å². The molecule has 1 aromatic carbocycles. The molecule has 1 heterocycles. The zero-order valence-corrected chi connectivity index (χ0v) is 15.2. The molecule has 2 N–H and O–H groups in total. The molecule has 2 aliphatic rings. The molecule has 25 heavy (non-hydrogen) atoms. The van der Waals surface area contributed by atoms with Crippen LogP contribution in [-0.2, 0) is 11.2 Å². The lowest BCUT2D eigenvalue weighted by molar-refractivity contribution is -0.122. The maximum atomic E-state index is 11.6. The summed E-state index contributed by atoms with van der Waals surface area (Å²) in [5, 5.41) is 6.37. The van der Waals surface area contributed by atoms with E-state index in [0.29, 0.717) is 6.54 Å². The van der Waals surface area contributed by atoms with E-state index in [1.54, 1.807) is 0 Å². The van der Waals surface area contributed by atoms with Crippen LogP contribution in [0.4, 0.5) is 0 Å². The Labute approximate surface area is 150 Å². The van der Waals surface area contributed by atoms with Gasteiger partial charge in [-0.3, -0.25) is 9.79 Å². The number of aliphatic imine (C=N–C) groups is 1. The number of benzene rings is 1. The van der Waals surface area contributed by atoms with Crippen LogP contribution in [-0.4, -0.2) is 50.0 Å². The summed E-state index contributed by atoms with van der Waals surface area (Å²) in [5.74, 6) is 2.20. The summed E-state index contributed by atoms with van der Waals surface area (Å²) in [6.07, 6.45) is 5.69. The van der Waals surface area contributed by atoms with Gasteiger partial charge in [-0.1, -0.05) is 30.3 Å². The summed E-state index contributed by atoms with van der Waals surface area (Å²) >= 11 is 0. The first-order valence-electron chi connectivity index (χ1n) is 9.53. The van der Waals surface area contributed by atoms with Crippen LogP contribution >= 0.6 is 0 Å². The quantitative estimate of drug-likeness (QED) is 0.473. The van der Waals surface area contributed by atoms with Crippen molar-refractivity contribution in [2.24, 2.45) is 16.8 Å². The number of carbonyl (C=O) groups is 1. The van der Waals surface area contributed by atoms with Crippen molar-refractivity contribution in [3.63, 3.8) is 0 Å². The molecule has 2 fully saturated rings. The number of hydrogen-bond donors (Lipinski definition) is 2. The molecule has 3 rings (SSSR count). The van der Waals surface area contributed by atoms with E-state index in [9.17, 15) is 4.79 Å². The topological polar surface area (TPSA) is 56.7 Å². The number of hydrogen-bond acceptors (Lipinski definition) is 2. The second-order valence-corrected chi connectivity index (χ2v) is 7.16.